The van der Waals surface area contributed by atoms with Crippen LogP contribution in [0.2, 0.25) is 0 Å². The summed E-state index contributed by atoms with van der Waals surface area (Å²) >= 11 is 0. The first-order valence-electron chi connectivity index (χ1n) is 9.09. The van der Waals surface area contributed by atoms with Gasteiger partial charge in [0, 0.05) is 31.8 Å². The maximum atomic E-state index is 12.8. The van der Waals surface area contributed by atoms with E-state index in [4.69, 9.17) is 0 Å². The molecular weight excluding hydrogens is 322 g/mol. The molecule has 1 fully saturated rings. The van der Waals surface area contributed by atoms with E-state index in [-0.39, 0.29) is 17.9 Å². The van der Waals surface area contributed by atoms with Gasteiger partial charge in [-0.3, -0.25) is 4.79 Å². The molecule has 26 heavy (non-hydrogen) atoms. The number of carbonyl (C=O) groups excluding carboxylic acids is 1. The summed E-state index contributed by atoms with van der Waals surface area (Å²) in [5.74, 6) is 1.53. The highest BCUT2D eigenvalue weighted by Gasteiger charge is 2.44. The molecule has 4 rings (SSSR count). The molecule has 0 radical (unpaired) electrons. The summed E-state index contributed by atoms with van der Waals surface area (Å²) in [6.07, 6.45) is 5.35. The highest BCUT2D eigenvalue weighted by Crippen LogP contribution is 2.47. The van der Waals surface area contributed by atoms with Gasteiger partial charge in [0.2, 0.25) is 5.91 Å². The summed E-state index contributed by atoms with van der Waals surface area (Å²) in [6, 6.07) is 20.4. The zero-order chi connectivity index (χ0) is 17.9. The van der Waals surface area contributed by atoms with Gasteiger partial charge in [0.1, 0.15) is 5.82 Å². The van der Waals surface area contributed by atoms with Gasteiger partial charge in [0.05, 0.1) is 6.04 Å². The van der Waals surface area contributed by atoms with Crippen LogP contribution in [-0.4, -0.2) is 15.5 Å². The number of aromatic nitrogens is 2. The van der Waals surface area contributed by atoms with Crippen LogP contribution >= 0.6 is 0 Å². The van der Waals surface area contributed by atoms with Crippen molar-refractivity contribution in [3.63, 3.8) is 0 Å². The monoisotopic (exact) mass is 345 g/mol. The molecule has 4 heteroatoms. The third kappa shape index (κ3) is 3.54. The van der Waals surface area contributed by atoms with Crippen LogP contribution in [0.25, 0.3) is 0 Å². The fourth-order valence-corrected chi connectivity index (χ4v) is 3.55. The van der Waals surface area contributed by atoms with Crippen molar-refractivity contribution in [2.75, 3.05) is 0 Å². The van der Waals surface area contributed by atoms with Crippen molar-refractivity contribution in [2.24, 2.45) is 13.0 Å². The van der Waals surface area contributed by atoms with E-state index >= 15 is 0 Å². The van der Waals surface area contributed by atoms with Crippen molar-refractivity contribution in [1.29, 1.82) is 0 Å². The highest BCUT2D eigenvalue weighted by atomic mass is 16.2. The Morgan fingerprint density at radius 2 is 1.85 bits per heavy atom. The van der Waals surface area contributed by atoms with Gasteiger partial charge in [-0.2, -0.15) is 0 Å². The number of rotatable bonds is 6. The lowest BCUT2D eigenvalue weighted by Gasteiger charge is -2.19. The average Bonchev–Trinajstić information content (AvgIpc) is 3.39. The second-order valence-corrected chi connectivity index (χ2v) is 6.99. The van der Waals surface area contributed by atoms with E-state index < -0.39 is 0 Å². The molecule has 2 aromatic carbocycles. The van der Waals surface area contributed by atoms with Crippen LogP contribution in [-0.2, 0) is 18.3 Å². The van der Waals surface area contributed by atoms with Gasteiger partial charge in [-0.25, -0.2) is 4.98 Å². The molecule has 0 aliphatic heterocycles. The first-order chi connectivity index (χ1) is 12.7. The van der Waals surface area contributed by atoms with Crippen molar-refractivity contribution in [3.8, 4) is 0 Å². The molecule has 132 valence electrons. The molecule has 0 spiro atoms. The third-order valence-corrected chi connectivity index (χ3v) is 5.18. The lowest BCUT2D eigenvalue weighted by atomic mass is 10.0. The van der Waals surface area contributed by atoms with Gasteiger partial charge in [0.15, 0.2) is 0 Å². The van der Waals surface area contributed by atoms with Crippen LogP contribution < -0.4 is 5.32 Å². The van der Waals surface area contributed by atoms with Crippen molar-refractivity contribution in [1.82, 2.24) is 14.9 Å². The SMILES string of the molecule is Cn1ccnc1C[C@H](NC(=O)[C@@H]1C[C@H]1c1ccccc1)c1ccccc1. The maximum absolute atomic E-state index is 12.8. The number of aryl methyl sites for hydroxylation is 1. The molecular formula is C22H23N3O. The standard InChI is InChI=1S/C22H23N3O/c1-25-13-12-23-21(25)15-20(17-10-6-3-7-11-17)24-22(26)19-14-18(19)16-8-4-2-5-9-16/h2-13,18-20H,14-15H2,1H3,(H,24,26)/t18-,19+,20-/m0/s1. The van der Waals surface area contributed by atoms with Crippen LogP contribution in [0, 0.1) is 5.92 Å². The predicted octanol–water partition coefficient (Wildman–Crippen LogP) is 3.62. The first kappa shape index (κ1) is 16.6. The minimum absolute atomic E-state index is 0.0678. The molecule has 0 bridgehead atoms. The molecule has 1 aromatic heterocycles. The molecule has 0 saturated heterocycles. The van der Waals surface area contributed by atoms with E-state index in [1.807, 2.05) is 54.2 Å². The molecule has 1 N–H and O–H groups in total. The maximum Gasteiger partial charge on any atom is 0.224 e. The third-order valence-electron chi connectivity index (χ3n) is 5.18. The van der Waals surface area contributed by atoms with Crippen molar-refractivity contribution in [2.45, 2.75) is 24.8 Å². The minimum Gasteiger partial charge on any atom is -0.349 e. The number of hydrogen-bond donors (Lipinski definition) is 1. The molecule has 3 aromatic rings. The lowest BCUT2D eigenvalue weighted by molar-refractivity contribution is -0.123. The van der Waals surface area contributed by atoms with Crippen LogP contribution in [0.1, 0.15) is 35.3 Å². The van der Waals surface area contributed by atoms with E-state index in [1.54, 1.807) is 6.20 Å². The van der Waals surface area contributed by atoms with Crippen LogP contribution in [0.3, 0.4) is 0 Å². The normalized spacial score (nSPS) is 19.7. The highest BCUT2D eigenvalue weighted by molar-refractivity contribution is 5.83. The van der Waals surface area contributed by atoms with E-state index in [0.29, 0.717) is 12.3 Å². The van der Waals surface area contributed by atoms with Crippen LogP contribution in [0.4, 0.5) is 0 Å². The smallest absolute Gasteiger partial charge is 0.224 e. The molecule has 1 aliphatic carbocycles. The van der Waals surface area contributed by atoms with Gasteiger partial charge in [-0.1, -0.05) is 60.7 Å². The number of benzene rings is 2. The van der Waals surface area contributed by atoms with E-state index in [9.17, 15) is 4.79 Å². The Hall–Kier alpha value is -2.88. The molecule has 4 nitrogen and oxygen atoms in total. The second-order valence-electron chi connectivity index (χ2n) is 6.99. The average molecular weight is 345 g/mol. The number of hydrogen-bond acceptors (Lipinski definition) is 2. The van der Waals surface area contributed by atoms with E-state index in [2.05, 4.69) is 34.6 Å². The van der Waals surface area contributed by atoms with Crippen LogP contribution in [0.5, 0.6) is 0 Å². The van der Waals surface area contributed by atoms with Crippen molar-refractivity contribution < 1.29 is 4.79 Å². The largest absolute Gasteiger partial charge is 0.349 e. The van der Waals surface area contributed by atoms with Gasteiger partial charge in [0.25, 0.3) is 0 Å². The number of amides is 1. The summed E-state index contributed by atoms with van der Waals surface area (Å²) < 4.78 is 2.01. The number of imidazole rings is 1. The molecule has 1 amide bonds. The fourth-order valence-electron chi connectivity index (χ4n) is 3.55. The summed E-state index contributed by atoms with van der Waals surface area (Å²) in [4.78, 5) is 17.3. The lowest BCUT2D eigenvalue weighted by Crippen LogP contribution is -2.32. The van der Waals surface area contributed by atoms with Crippen molar-refractivity contribution in [3.05, 3.63) is 90.0 Å². The quantitative estimate of drug-likeness (QED) is 0.742. The van der Waals surface area contributed by atoms with Gasteiger partial charge in [-0.15, -0.1) is 0 Å². The van der Waals surface area contributed by atoms with Crippen LogP contribution in [0.15, 0.2) is 73.1 Å². The van der Waals surface area contributed by atoms with Gasteiger partial charge in [-0.05, 0) is 23.5 Å². The zero-order valence-corrected chi connectivity index (χ0v) is 14.9. The molecule has 1 aliphatic rings. The molecule has 3 atom stereocenters. The zero-order valence-electron chi connectivity index (χ0n) is 14.9. The molecule has 1 heterocycles. The number of nitrogens with one attached hydrogen (secondary N) is 1. The topological polar surface area (TPSA) is 46.9 Å². The minimum atomic E-state index is -0.0678. The Morgan fingerprint density at radius 3 is 2.50 bits per heavy atom. The predicted molar refractivity (Wildman–Crippen MR) is 102 cm³/mol. The van der Waals surface area contributed by atoms with E-state index in [1.165, 1.54) is 5.56 Å². The van der Waals surface area contributed by atoms with Gasteiger partial charge < -0.3 is 9.88 Å². The summed E-state index contributed by atoms with van der Waals surface area (Å²) in [7, 11) is 1.98. The van der Waals surface area contributed by atoms with Gasteiger partial charge >= 0.3 is 0 Å². The second kappa shape index (κ2) is 7.16. The van der Waals surface area contributed by atoms with E-state index in [0.717, 1.165) is 17.8 Å². The Labute approximate surface area is 153 Å². The Morgan fingerprint density at radius 1 is 1.15 bits per heavy atom. The summed E-state index contributed by atoms with van der Waals surface area (Å²) in [6.45, 7) is 0. The fraction of sp³-hybridized carbons (Fsp3) is 0.273. The summed E-state index contributed by atoms with van der Waals surface area (Å²) in [5, 5.41) is 3.27. The Kier molecular flexibility index (Phi) is 4.57. The number of carbonyl (C=O) groups is 1. The first-order valence-corrected chi connectivity index (χ1v) is 9.09. The number of nitrogens with zero attached hydrogens (tertiary/aromatic N) is 2. The summed E-state index contributed by atoms with van der Waals surface area (Å²) in [5.41, 5.74) is 2.37. The molecule has 1 saturated carbocycles. The Balaban J connectivity index is 1.48. The Bertz CT molecular complexity index is 873. The molecule has 0 unspecified atom stereocenters. The van der Waals surface area contributed by atoms with Crippen molar-refractivity contribution >= 4 is 5.91 Å².